The van der Waals surface area contributed by atoms with Gasteiger partial charge < -0.3 is 15.2 Å². The molecule has 0 radical (unpaired) electrons. The van der Waals surface area contributed by atoms with Crippen LogP contribution in [0.2, 0.25) is 0 Å². The highest BCUT2D eigenvalue weighted by atomic mass is 16.6. The molecular weight excluding hydrogens is 242 g/mol. The van der Waals surface area contributed by atoms with Gasteiger partial charge in [-0.2, -0.15) is 5.10 Å². The first kappa shape index (κ1) is 12.0. The maximum Gasteiger partial charge on any atom is 0.161 e. The number of fused-ring (bicyclic) bond motifs is 1. The van der Waals surface area contributed by atoms with E-state index in [1.807, 2.05) is 35.9 Å². The smallest absolute Gasteiger partial charge is 0.161 e. The summed E-state index contributed by atoms with van der Waals surface area (Å²) in [6, 6.07) is 7.58. The monoisotopic (exact) mass is 259 g/mol. The average Bonchev–Trinajstić information content (AvgIpc) is 2.94. The zero-order chi connectivity index (χ0) is 13.2. The summed E-state index contributed by atoms with van der Waals surface area (Å²) < 4.78 is 13.0. The molecule has 5 heteroatoms. The first-order valence-corrected chi connectivity index (χ1v) is 6.46. The van der Waals surface area contributed by atoms with Gasteiger partial charge in [-0.1, -0.05) is 6.07 Å². The largest absolute Gasteiger partial charge is 0.486 e. The minimum absolute atomic E-state index is 0.210. The summed E-state index contributed by atoms with van der Waals surface area (Å²) in [5.74, 6) is 1.55. The Morgan fingerprint density at radius 2 is 2.05 bits per heavy atom. The van der Waals surface area contributed by atoms with Crippen molar-refractivity contribution in [1.82, 2.24) is 9.78 Å². The third-order valence-electron chi connectivity index (χ3n) is 3.29. The van der Waals surface area contributed by atoms with Gasteiger partial charge in [0.15, 0.2) is 11.5 Å². The van der Waals surface area contributed by atoms with E-state index in [4.69, 9.17) is 15.2 Å². The molecule has 2 heterocycles. The van der Waals surface area contributed by atoms with Gasteiger partial charge in [-0.15, -0.1) is 0 Å². The Kier molecular flexibility index (Phi) is 3.13. The van der Waals surface area contributed by atoms with Crippen LogP contribution in [0.1, 0.15) is 24.2 Å². The molecule has 0 saturated carbocycles. The Bertz CT molecular complexity index is 580. The molecule has 1 unspecified atom stereocenters. The lowest BCUT2D eigenvalue weighted by atomic mass is 10.0. The van der Waals surface area contributed by atoms with Crippen molar-refractivity contribution in [3.8, 4) is 11.5 Å². The lowest BCUT2D eigenvalue weighted by molar-refractivity contribution is 0.171. The predicted molar refractivity (Wildman–Crippen MR) is 71.4 cm³/mol. The van der Waals surface area contributed by atoms with E-state index in [0.717, 1.165) is 29.3 Å². The van der Waals surface area contributed by atoms with Gasteiger partial charge in [0.1, 0.15) is 13.2 Å². The summed E-state index contributed by atoms with van der Waals surface area (Å²) in [7, 11) is 0. The Labute approximate surface area is 111 Å². The molecule has 3 rings (SSSR count). The number of benzene rings is 1. The summed E-state index contributed by atoms with van der Waals surface area (Å²) in [5.41, 5.74) is 8.31. The van der Waals surface area contributed by atoms with E-state index in [1.54, 1.807) is 6.20 Å². The molecule has 1 atom stereocenters. The third-order valence-corrected chi connectivity index (χ3v) is 3.29. The van der Waals surface area contributed by atoms with Crippen LogP contribution >= 0.6 is 0 Å². The minimum atomic E-state index is -0.210. The summed E-state index contributed by atoms with van der Waals surface area (Å²) in [6.07, 6.45) is 1.77. The molecule has 100 valence electrons. The molecule has 1 aromatic heterocycles. The molecule has 0 bridgehead atoms. The van der Waals surface area contributed by atoms with Crippen LogP contribution in [0.15, 0.2) is 30.5 Å². The van der Waals surface area contributed by atoms with Crippen LogP contribution in [-0.2, 0) is 6.54 Å². The van der Waals surface area contributed by atoms with Crippen LogP contribution < -0.4 is 15.2 Å². The number of rotatable bonds is 3. The van der Waals surface area contributed by atoms with Gasteiger partial charge in [0.05, 0.1) is 11.7 Å². The van der Waals surface area contributed by atoms with Crippen molar-refractivity contribution in [3.63, 3.8) is 0 Å². The normalized spacial score (nSPS) is 15.3. The van der Waals surface area contributed by atoms with Gasteiger partial charge in [-0.3, -0.25) is 4.68 Å². The van der Waals surface area contributed by atoms with Gasteiger partial charge in [0, 0.05) is 12.7 Å². The zero-order valence-corrected chi connectivity index (χ0v) is 10.9. The lowest BCUT2D eigenvalue weighted by Gasteiger charge is -2.20. The number of hydrogen-bond donors (Lipinski definition) is 1. The molecule has 0 fully saturated rings. The van der Waals surface area contributed by atoms with Crippen LogP contribution in [0.5, 0.6) is 11.5 Å². The lowest BCUT2D eigenvalue weighted by Crippen LogP contribution is -2.19. The van der Waals surface area contributed by atoms with Crippen molar-refractivity contribution < 1.29 is 9.47 Å². The highest BCUT2D eigenvalue weighted by Gasteiger charge is 2.17. The number of hydrogen-bond acceptors (Lipinski definition) is 4. The number of aryl methyl sites for hydroxylation is 1. The molecule has 2 aromatic rings. The molecule has 1 aliphatic rings. The molecule has 0 saturated heterocycles. The molecule has 0 amide bonds. The minimum Gasteiger partial charge on any atom is -0.486 e. The van der Waals surface area contributed by atoms with Crippen molar-refractivity contribution in [3.05, 3.63) is 41.7 Å². The van der Waals surface area contributed by atoms with E-state index in [-0.39, 0.29) is 6.04 Å². The highest BCUT2D eigenvalue weighted by molar-refractivity contribution is 5.45. The van der Waals surface area contributed by atoms with Crippen LogP contribution in [0.4, 0.5) is 0 Å². The second-order valence-corrected chi connectivity index (χ2v) is 4.45. The maximum atomic E-state index is 6.31. The van der Waals surface area contributed by atoms with Crippen LogP contribution in [0.25, 0.3) is 0 Å². The van der Waals surface area contributed by atoms with Gasteiger partial charge in [-0.05, 0) is 30.7 Å². The fourth-order valence-corrected chi connectivity index (χ4v) is 2.30. The predicted octanol–water partition coefficient (Wildman–Crippen LogP) is 1.72. The molecular formula is C14H17N3O2. The highest BCUT2D eigenvalue weighted by Crippen LogP contribution is 2.33. The molecule has 5 nitrogen and oxygen atoms in total. The summed E-state index contributed by atoms with van der Waals surface area (Å²) >= 11 is 0. The van der Waals surface area contributed by atoms with Crippen LogP contribution in [-0.4, -0.2) is 23.0 Å². The standard InChI is InChI=1S/C14H17N3O2/c1-2-17-11(5-6-16-17)14(15)10-3-4-12-13(9-10)19-8-7-18-12/h3-6,9,14H,2,7-8,15H2,1H3. The second kappa shape index (κ2) is 4.93. The molecule has 19 heavy (non-hydrogen) atoms. The Morgan fingerprint density at radius 1 is 1.26 bits per heavy atom. The SMILES string of the molecule is CCn1nccc1C(N)c1ccc2c(c1)OCCO2. The fraction of sp³-hybridized carbons (Fsp3) is 0.357. The van der Waals surface area contributed by atoms with Crippen molar-refractivity contribution in [2.45, 2.75) is 19.5 Å². The van der Waals surface area contributed by atoms with Gasteiger partial charge in [0.2, 0.25) is 0 Å². The first-order chi connectivity index (χ1) is 9.29. The fourth-order valence-electron chi connectivity index (χ4n) is 2.30. The molecule has 2 N–H and O–H groups in total. The summed E-state index contributed by atoms with van der Waals surface area (Å²) in [5, 5.41) is 4.25. The van der Waals surface area contributed by atoms with E-state index in [2.05, 4.69) is 5.10 Å². The van der Waals surface area contributed by atoms with Crippen molar-refractivity contribution in [2.24, 2.45) is 5.73 Å². The summed E-state index contributed by atoms with van der Waals surface area (Å²) in [4.78, 5) is 0. The Hall–Kier alpha value is -2.01. The van der Waals surface area contributed by atoms with E-state index in [1.165, 1.54) is 0 Å². The van der Waals surface area contributed by atoms with E-state index in [9.17, 15) is 0 Å². The maximum absolute atomic E-state index is 6.31. The molecule has 1 aromatic carbocycles. The number of aromatic nitrogens is 2. The number of nitrogens with two attached hydrogens (primary N) is 1. The summed E-state index contributed by atoms with van der Waals surface area (Å²) in [6.45, 7) is 4.03. The van der Waals surface area contributed by atoms with E-state index >= 15 is 0 Å². The third kappa shape index (κ3) is 2.17. The topological polar surface area (TPSA) is 62.3 Å². The Morgan fingerprint density at radius 3 is 2.84 bits per heavy atom. The van der Waals surface area contributed by atoms with Crippen LogP contribution in [0.3, 0.4) is 0 Å². The number of ether oxygens (including phenoxy) is 2. The van der Waals surface area contributed by atoms with Gasteiger partial charge in [-0.25, -0.2) is 0 Å². The molecule has 0 spiro atoms. The molecule has 1 aliphatic heterocycles. The molecule has 0 aliphatic carbocycles. The van der Waals surface area contributed by atoms with Gasteiger partial charge >= 0.3 is 0 Å². The van der Waals surface area contributed by atoms with Crippen molar-refractivity contribution in [2.75, 3.05) is 13.2 Å². The first-order valence-electron chi connectivity index (χ1n) is 6.46. The Balaban J connectivity index is 1.93. The van der Waals surface area contributed by atoms with E-state index < -0.39 is 0 Å². The van der Waals surface area contributed by atoms with Crippen LogP contribution in [0, 0.1) is 0 Å². The number of nitrogens with zero attached hydrogens (tertiary/aromatic N) is 2. The zero-order valence-electron chi connectivity index (χ0n) is 10.9. The average molecular weight is 259 g/mol. The second-order valence-electron chi connectivity index (χ2n) is 4.45. The van der Waals surface area contributed by atoms with E-state index in [0.29, 0.717) is 13.2 Å². The van der Waals surface area contributed by atoms with Crippen molar-refractivity contribution in [1.29, 1.82) is 0 Å². The van der Waals surface area contributed by atoms with Gasteiger partial charge in [0.25, 0.3) is 0 Å². The van der Waals surface area contributed by atoms with Crippen molar-refractivity contribution >= 4 is 0 Å². The quantitative estimate of drug-likeness (QED) is 0.911.